The van der Waals surface area contributed by atoms with E-state index in [9.17, 15) is 4.79 Å². The molecule has 1 aliphatic heterocycles. The molecule has 5 rings (SSSR count). The van der Waals surface area contributed by atoms with Gasteiger partial charge in [0.15, 0.2) is 10.9 Å². The number of hydrogen-bond donors (Lipinski definition) is 0. The van der Waals surface area contributed by atoms with E-state index in [1.54, 1.807) is 6.26 Å². The fourth-order valence-electron chi connectivity index (χ4n) is 3.89. The summed E-state index contributed by atoms with van der Waals surface area (Å²) >= 11 is 1.42. The summed E-state index contributed by atoms with van der Waals surface area (Å²) in [7, 11) is 0. The molecule has 0 bridgehead atoms. The van der Waals surface area contributed by atoms with E-state index in [0.29, 0.717) is 29.0 Å². The molecule has 0 saturated carbocycles. The molecule has 2 aromatic heterocycles. The molecular weight excluding hydrogens is 408 g/mol. The SMILES string of the molecule is O=C(CSc1nnc(-c2ccco2)n1Cc1ccccc1)N1CCCc2ccccc21. The van der Waals surface area contributed by atoms with Crippen molar-refractivity contribution in [3.63, 3.8) is 0 Å². The predicted molar refractivity (Wildman–Crippen MR) is 121 cm³/mol. The summed E-state index contributed by atoms with van der Waals surface area (Å²) in [5, 5.41) is 9.43. The van der Waals surface area contributed by atoms with Crippen LogP contribution in [0.2, 0.25) is 0 Å². The number of furan rings is 1. The van der Waals surface area contributed by atoms with E-state index in [2.05, 4.69) is 28.4 Å². The fraction of sp³-hybridized carbons (Fsp3) is 0.208. The number of carbonyl (C=O) groups is 1. The van der Waals surface area contributed by atoms with Crippen LogP contribution in [-0.4, -0.2) is 33.0 Å². The molecule has 0 radical (unpaired) electrons. The van der Waals surface area contributed by atoms with Crippen molar-refractivity contribution in [2.75, 3.05) is 17.2 Å². The number of thioether (sulfide) groups is 1. The number of amides is 1. The van der Waals surface area contributed by atoms with Gasteiger partial charge in [-0.05, 0) is 42.2 Å². The van der Waals surface area contributed by atoms with Crippen LogP contribution in [0.3, 0.4) is 0 Å². The second kappa shape index (κ2) is 8.81. The third-order valence-corrected chi connectivity index (χ3v) is 6.33. The molecule has 1 aliphatic rings. The zero-order valence-electron chi connectivity index (χ0n) is 17.0. The highest BCUT2D eigenvalue weighted by atomic mass is 32.2. The van der Waals surface area contributed by atoms with Gasteiger partial charge in [-0.25, -0.2) is 0 Å². The van der Waals surface area contributed by atoms with E-state index in [0.717, 1.165) is 30.6 Å². The van der Waals surface area contributed by atoms with Crippen LogP contribution in [-0.2, 0) is 17.8 Å². The van der Waals surface area contributed by atoms with Gasteiger partial charge >= 0.3 is 0 Å². The van der Waals surface area contributed by atoms with Gasteiger partial charge in [0.1, 0.15) is 0 Å². The van der Waals surface area contributed by atoms with Crippen molar-refractivity contribution in [3.05, 3.63) is 84.1 Å². The number of aromatic nitrogens is 3. The number of fused-ring (bicyclic) bond motifs is 1. The summed E-state index contributed by atoms with van der Waals surface area (Å²) in [6.07, 6.45) is 3.63. The second-order valence-electron chi connectivity index (χ2n) is 7.42. The Morgan fingerprint density at radius 1 is 1.00 bits per heavy atom. The first kappa shape index (κ1) is 19.6. The summed E-state index contributed by atoms with van der Waals surface area (Å²) in [6.45, 7) is 1.36. The topological polar surface area (TPSA) is 64.2 Å². The molecule has 0 aliphatic carbocycles. The summed E-state index contributed by atoms with van der Waals surface area (Å²) in [4.78, 5) is 15.0. The molecule has 0 unspecified atom stereocenters. The number of nitrogens with zero attached hydrogens (tertiary/aromatic N) is 4. The molecule has 0 fully saturated rings. The maximum Gasteiger partial charge on any atom is 0.237 e. The van der Waals surface area contributed by atoms with Crippen molar-refractivity contribution in [1.29, 1.82) is 0 Å². The van der Waals surface area contributed by atoms with Gasteiger partial charge in [-0.3, -0.25) is 9.36 Å². The third kappa shape index (κ3) is 4.14. The van der Waals surface area contributed by atoms with Crippen LogP contribution in [0, 0.1) is 0 Å². The van der Waals surface area contributed by atoms with Crippen LogP contribution in [0.1, 0.15) is 17.5 Å². The minimum absolute atomic E-state index is 0.0889. The zero-order valence-corrected chi connectivity index (χ0v) is 17.8. The van der Waals surface area contributed by atoms with Crippen LogP contribution in [0.15, 0.2) is 82.6 Å². The largest absolute Gasteiger partial charge is 0.461 e. The monoisotopic (exact) mass is 430 g/mol. The Balaban J connectivity index is 1.38. The summed E-state index contributed by atoms with van der Waals surface area (Å²) in [6, 6.07) is 22.0. The standard InChI is InChI=1S/C24H22N4O2S/c29-22(27-14-6-11-19-10-4-5-12-20(19)27)17-31-24-26-25-23(21-13-7-15-30-21)28(24)16-18-8-2-1-3-9-18/h1-5,7-10,12-13,15H,6,11,14,16-17H2. The van der Waals surface area contributed by atoms with E-state index in [1.807, 2.05) is 58.0 Å². The van der Waals surface area contributed by atoms with Gasteiger partial charge in [-0.1, -0.05) is 60.3 Å². The molecule has 4 aromatic rings. The first-order chi connectivity index (χ1) is 15.3. The van der Waals surface area contributed by atoms with Crippen molar-refractivity contribution in [3.8, 4) is 11.6 Å². The molecule has 3 heterocycles. The molecule has 0 atom stereocenters. The lowest BCUT2D eigenvalue weighted by atomic mass is 10.0. The maximum atomic E-state index is 13.1. The van der Waals surface area contributed by atoms with Crippen LogP contribution in [0.5, 0.6) is 0 Å². The number of para-hydroxylation sites is 1. The number of aryl methyl sites for hydroxylation is 1. The summed E-state index contributed by atoms with van der Waals surface area (Å²) < 4.78 is 7.57. The third-order valence-electron chi connectivity index (χ3n) is 5.38. The van der Waals surface area contributed by atoms with Crippen molar-refractivity contribution in [1.82, 2.24) is 14.8 Å². The van der Waals surface area contributed by atoms with Crippen molar-refractivity contribution in [2.24, 2.45) is 0 Å². The Morgan fingerprint density at radius 2 is 1.84 bits per heavy atom. The highest BCUT2D eigenvalue weighted by molar-refractivity contribution is 7.99. The van der Waals surface area contributed by atoms with Crippen LogP contribution in [0.25, 0.3) is 11.6 Å². The first-order valence-electron chi connectivity index (χ1n) is 10.3. The quantitative estimate of drug-likeness (QED) is 0.417. The molecule has 1 amide bonds. The number of anilines is 1. The van der Waals surface area contributed by atoms with Gasteiger partial charge in [0, 0.05) is 12.2 Å². The van der Waals surface area contributed by atoms with Gasteiger partial charge in [0.25, 0.3) is 0 Å². The van der Waals surface area contributed by atoms with E-state index >= 15 is 0 Å². The normalized spacial score (nSPS) is 13.2. The molecule has 31 heavy (non-hydrogen) atoms. The molecule has 0 saturated heterocycles. The number of rotatable bonds is 6. The summed E-state index contributed by atoms with van der Waals surface area (Å²) in [5.41, 5.74) is 3.40. The van der Waals surface area contributed by atoms with E-state index in [1.165, 1.54) is 17.3 Å². The number of carbonyl (C=O) groups excluding carboxylic acids is 1. The lowest BCUT2D eigenvalue weighted by Gasteiger charge is -2.29. The first-order valence-corrected chi connectivity index (χ1v) is 11.3. The van der Waals surface area contributed by atoms with Crippen LogP contribution >= 0.6 is 11.8 Å². The predicted octanol–water partition coefficient (Wildman–Crippen LogP) is 4.66. The Kier molecular flexibility index (Phi) is 5.58. The zero-order chi connectivity index (χ0) is 21.0. The average molecular weight is 431 g/mol. The lowest BCUT2D eigenvalue weighted by molar-refractivity contribution is -0.116. The highest BCUT2D eigenvalue weighted by Gasteiger charge is 2.24. The smallest absolute Gasteiger partial charge is 0.237 e. The fourth-order valence-corrected chi connectivity index (χ4v) is 4.70. The molecule has 7 heteroatoms. The molecule has 156 valence electrons. The highest BCUT2D eigenvalue weighted by Crippen LogP contribution is 2.29. The summed E-state index contributed by atoms with van der Waals surface area (Å²) in [5.74, 6) is 1.71. The minimum atomic E-state index is 0.0889. The Morgan fingerprint density at radius 3 is 2.68 bits per heavy atom. The minimum Gasteiger partial charge on any atom is -0.461 e. The Hall–Kier alpha value is -3.32. The maximum absolute atomic E-state index is 13.1. The van der Waals surface area contributed by atoms with Crippen molar-refractivity contribution < 1.29 is 9.21 Å². The van der Waals surface area contributed by atoms with Gasteiger partial charge in [-0.2, -0.15) is 0 Å². The van der Waals surface area contributed by atoms with Crippen molar-refractivity contribution >= 4 is 23.4 Å². The van der Waals surface area contributed by atoms with Gasteiger partial charge in [-0.15, -0.1) is 10.2 Å². The van der Waals surface area contributed by atoms with Gasteiger partial charge in [0.2, 0.25) is 11.7 Å². The lowest BCUT2D eigenvalue weighted by Crippen LogP contribution is -2.36. The van der Waals surface area contributed by atoms with Crippen LogP contribution < -0.4 is 4.90 Å². The molecule has 6 nitrogen and oxygen atoms in total. The molecule has 0 spiro atoms. The Bertz CT molecular complexity index is 1170. The average Bonchev–Trinajstić information content (AvgIpc) is 3.48. The van der Waals surface area contributed by atoms with Crippen molar-refractivity contribution in [2.45, 2.75) is 24.5 Å². The van der Waals surface area contributed by atoms with Gasteiger partial charge in [0.05, 0.1) is 18.6 Å². The number of hydrogen-bond acceptors (Lipinski definition) is 5. The number of benzene rings is 2. The Labute approximate surface area is 184 Å². The molecular formula is C24H22N4O2S. The van der Waals surface area contributed by atoms with Crippen LogP contribution in [0.4, 0.5) is 5.69 Å². The van der Waals surface area contributed by atoms with E-state index < -0.39 is 0 Å². The van der Waals surface area contributed by atoms with Gasteiger partial charge < -0.3 is 9.32 Å². The van der Waals surface area contributed by atoms with E-state index in [4.69, 9.17) is 4.42 Å². The second-order valence-corrected chi connectivity index (χ2v) is 8.36. The molecule has 0 N–H and O–H groups in total. The van der Waals surface area contributed by atoms with E-state index in [-0.39, 0.29) is 5.91 Å². The molecule has 2 aromatic carbocycles.